The van der Waals surface area contributed by atoms with E-state index in [0.29, 0.717) is 5.56 Å². The topological polar surface area (TPSA) is 97.7 Å². The van der Waals surface area contributed by atoms with Crippen LogP contribution in [-0.2, 0) is 24.4 Å². The Bertz CT molecular complexity index is 642. The molecule has 0 unspecified atom stereocenters. The summed E-state index contributed by atoms with van der Waals surface area (Å²) in [5, 5.41) is 0. The van der Waals surface area contributed by atoms with E-state index in [1.165, 1.54) is 0 Å². The first-order valence-electron chi connectivity index (χ1n) is 4.90. The Morgan fingerprint density at radius 2 is 1.58 bits per heavy atom. The molecule has 0 saturated carbocycles. The summed E-state index contributed by atoms with van der Waals surface area (Å²) in [4.78, 5) is 21.5. The minimum absolute atomic E-state index is 0.128. The monoisotopic (exact) mass is 282 g/mol. The highest BCUT2D eigenvalue weighted by Crippen LogP contribution is 2.14. The van der Waals surface area contributed by atoms with Crippen molar-refractivity contribution < 1.29 is 27.3 Å². The van der Waals surface area contributed by atoms with Gasteiger partial charge in [-0.1, -0.05) is 43.5 Å². The Labute approximate surface area is 109 Å². The molecular formula is C12H10O6S. The van der Waals surface area contributed by atoms with Crippen LogP contribution in [0.1, 0.15) is 5.56 Å². The summed E-state index contributed by atoms with van der Waals surface area (Å²) in [6, 6.07) is 8.13. The van der Waals surface area contributed by atoms with Crippen molar-refractivity contribution in [2.24, 2.45) is 0 Å². The van der Waals surface area contributed by atoms with Crippen LogP contribution < -0.4 is 0 Å². The van der Waals surface area contributed by atoms with Gasteiger partial charge in [-0.2, -0.15) is 8.42 Å². The smallest absolute Gasteiger partial charge is 0.359 e. The molecule has 0 aliphatic rings. The van der Waals surface area contributed by atoms with E-state index in [0.717, 1.165) is 0 Å². The lowest BCUT2D eigenvalue weighted by Crippen LogP contribution is -2.19. The van der Waals surface area contributed by atoms with Crippen molar-refractivity contribution in [2.75, 3.05) is 0 Å². The van der Waals surface area contributed by atoms with E-state index in [4.69, 9.17) is 4.55 Å². The van der Waals surface area contributed by atoms with E-state index in [-0.39, 0.29) is 5.57 Å². The van der Waals surface area contributed by atoms with E-state index in [2.05, 4.69) is 17.9 Å². The van der Waals surface area contributed by atoms with Gasteiger partial charge in [0.1, 0.15) is 0 Å². The van der Waals surface area contributed by atoms with Crippen LogP contribution >= 0.6 is 0 Å². The lowest BCUT2D eigenvalue weighted by atomic mass is 10.1. The zero-order valence-electron chi connectivity index (χ0n) is 9.70. The lowest BCUT2D eigenvalue weighted by molar-refractivity contribution is -0.152. The molecule has 100 valence electrons. The van der Waals surface area contributed by atoms with E-state index < -0.39 is 27.0 Å². The zero-order chi connectivity index (χ0) is 14.6. The maximum atomic E-state index is 11.5. The van der Waals surface area contributed by atoms with Gasteiger partial charge >= 0.3 is 22.1 Å². The van der Waals surface area contributed by atoms with Crippen molar-refractivity contribution in [3.63, 3.8) is 0 Å². The number of hydrogen-bond donors (Lipinski definition) is 1. The second kappa shape index (κ2) is 5.59. The molecule has 6 nitrogen and oxygen atoms in total. The standard InChI is InChI=1S/C12H10O6S/c1-8(10-6-4-3-5-7-10)11(13)18-12(14)9(2)19(15,16)17/h3-7H,1-2H2,(H,15,16,17). The van der Waals surface area contributed by atoms with Crippen molar-refractivity contribution in [2.45, 2.75) is 0 Å². The van der Waals surface area contributed by atoms with Crippen molar-refractivity contribution in [1.29, 1.82) is 0 Å². The van der Waals surface area contributed by atoms with Crippen LogP contribution in [0.15, 0.2) is 48.4 Å². The van der Waals surface area contributed by atoms with Gasteiger partial charge in [-0.05, 0) is 5.56 Å². The predicted octanol–water partition coefficient (Wildman–Crippen LogP) is 1.17. The summed E-state index contributed by atoms with van der Waals surface area (Å²) in [7, 11) is -4.79. The Morgan fingerprint density at radius 3 is 2.05 bits per heavy atom. The normalized spacial score (nSPS) is 10.6. The molecule has 1 N–H and O–H groups in total. The molecule has 1 rings (SSSR count). The molecule has 1 aromatic rings. The van der Waals surface area contributed by atoms with Gasteiger partial charge in [0.15, 0.2) is 4.91 Å². The average molecular weight is 282 g/mol. The Morgan fingerprint density at radius 1 is 1.05 bits per heavy atom. The van der Waals surface area contributed by atoms with Crippen molar-refractivity contribution in [1.82, 2.24) is 0 Å². The van der Waals surface area contributed by atoms with Crippen LogP contribution in [0.2, 0.25) is 0 Å². The fourth-order valence-corrected chi connectivity index (χ4v) is 1.32. The molecule has 0 radical (unpaired) electrons. The molecule has 19 heavy (non-hydrogen) atoms. The molecular weight excluding hydrogens is 272 g/mol. The Hall–Kier alpha value is -2.25. The Kier molecular flexibility index (Phi) is 4.36. The van der Waals surface area contributed by atoms with Crippen LogP contribution in [-0.4, -0.2) is 24.9 Å². The molecule has 0 aliphatic carbocycles. The minimum Gasteiger partial charge on any atom is -0.385 e. The molecule has 1 aromatic carbocycles. The third kappa shape index (κ3) is 3.87. The summed E-state index contributed by atoms with van der Waals surface area (Å²) < 4.78 is 34.0. The fraction of sp³-hybridized carbons (Fsp3) is 0. The molecule has 0 aromatic heterocycles. The van der Waals surface area contributed by atoms with Crippen LogP contribution in [0.5, 0.6) is 0 Å². The number of ether oxygens (including phenoxy) is 1. The number of rotatable bonds is 4. The summed E-state index contributed by atoms with van der Waals surface area (Å²) in [6.45, 7) is 6.25. The quantitative estimate of drug-likeness (QED) is 0.385. The van der Waals surface area contributed by atoms with E-state index in [1.807, 2.05) is 0 Å². The largest absolute Gasteiger partial charge is 0.385 e. The molecule has 0 spiro atoms. The van der Waals surface area contributed by atoms with Gasteiger partial charge in [-0.3, -0.25) is 4.55 Å². The van der Waals surface area contributed by atoms with Crippen molar-refractivity contribution >= 4 is 27.6 Å². The van der Waals surface area contributed by atoms with Gasteiger partial charge < -0.3 is 4.74 Å². The third-order valence-electron chi connectivity index (χ3n) is 2.09. The van der Waals surface area contributed by atoms with Gasteiger partial charge in [0, 0.05) is 0 Å². The van der Waals surface area contributed by atoms with E-state index in [1.54, 1.807) is 30.3 Å². The van der Waals surface area contributed by atoms with Gasteiger partial charge in [-0.25, -0.2) is 9.59 Å². The molecule has 0 aliphatic heterocycles. The summed E-state index contributed by atoms with van der Waals surface area (Å²) >= 11 is 0. The predicted molar refractivity (Wildman–Crippen MR) is 67.3 cm³/mol. The molecule has 0 amide bonds. The third-order valence-corrected chi connectivity index (χ3v) is 2.88. The number of benzene rings is 1. The number of carbonyl (C=O) groups excluding carboxylic acids is 2. The minimum atomic E-state index is -4.79. The van der Waals surface area contributed by atoms with Crippen LogP contribution in [0.25, 0.3) is 5.57 Å². The van der Waals surface area contributed by atoms with Crippen LogP contribution in [0, 0.1) is 0 Å². The molecule has 0 bridgehead atoms. The van der Waals surface area contributed by atoms with Crippen molar-refractivity contribution in [3.8, 4) is 0 Å². The highest BCUT2D eigenvalue weighted by molar-refractivity contribution is 7.90. The summed E-state index contributed by atoms with van der Waals surface area (Å²) in [5.74, 6) is -2.68. The molecule has 0 fully saturated rings. The molecule has 7 heteroatoms. The first-order chi connectivity index (χ1) is 8.73. The first kappa shape index (κ1) is 14.8. The van der Waals surface area contributed by atoms with Gasteiger partial charge in [-0.15, -0.1) is 0 Å². The SMILES string of the molecule is C=C(C(=O)OC(=O)C(=C)S(=O)(=O)O)c1ccccc1. The van der Waals surface area contributed by atoms with E-state index in [9.17, 15) is 18.0 Å². The van der Waals surface area contributed by atoms with Gasteiger partial charge in [0.2, 0.25) is 0 Å². The van der Waals surface area contributed by atoms with Crippen LogP contribution in [0.4, 0.5) is 0 Å². The first-order valence-corrected chi connectivity index (χ1v) is 6.34. The average Bonchev–Trinajstić information content (AvgIpc) is 2.36. The number of hydrogen-bond acceptors (Lipinski definition) is 5. The molecule has 0 saturated heterocycles. The highest BCUT2D eigenvalue weighted by Gasteiger charge is 2.25. The van der Waals surface area contributed by atoms with E-state index >= 15 is 0 Å². The summed E-state index contributed by atoms with van der Waals surface area (Å²) in [6.07, 6.45) is 0. The summed E-state index contributed by atoms with van der Waals surface area (Å²) in [5.41, 5.74) is 0.287. The molecule has 0 atom stereocenters. The van der Waals surface area contributed by atoms with Crippen molar-refractivity contribution in [3.05, 3.63) is 54.0 Å². The fourth-order valence-electron chi connectivity index (χ4n) is 1.07. The maximum Gasteiger partial charge on any atom is 0.359 e. The number of esters is 2. The Balaban J connectivity index is 2.80. The highest BCUT2D eigenvalue weighted by atomic mass is 32.2. The molecule has 0 heterocycles. The van der Waals surface area contributed by atoms with Gasteiger partial charge in [0.05, 0.1) is 5.57 Å². The lowest BCUT2D eigenvalue weighted by Gasteiger charge is -2.05. The zero-order valence-corrected chi connectivity index (χ0v) is 10.5. The second-order valence-electron chi connectivity index (χ2n) is 3.42. The number of carbonyl (C=O) groups is 2. The van der Waals surface area contributed by atoms with Crippen LogP contribution in [0.3, 0.4) is 0 Å². The second-order valence-corrected chi connectivity index (χ2v) is 4.86. The van der Waals surface area contributed by atoms with Gasteiger partial charge in [0.25, 0.3) is 0 Å². The maximum absolute atomic E-state index is 11.5.